The molecule has 0 aliphatic heterocycles. The predicted molar refractivity (Wildman–Crippen MR) is 39.5 cm³/mol. The fraction of sp³-hybridized carbons (Fsp3) is 0.250. The van der Waals surface area contributed by atoms with E-state index in [2.05, 4.69) is 9.83 Å². The number of aromatic nitrogens is 1. The van der Waals surface area contributed by atoms with Crippen LogP contribution in [-0.4, -0.2) is 4.98 Å². The molecule has 0 N–H and O–H groups in total. The molecule has 0 aromatic carbocycles. The molecule has 2 nitrogen and oxygen atoms in total. The maximum atomic E-state index is 12.2. The molecule has 0 amide bonds. The molecule has 1 aromatic rings. The summed E-state index contributed by atoms with van der Waals surface area (Å²) in [5.41, 5.74) is -1.05. The van der Waals surface area contributed by atoms with Crippen molar-refractivity contribution in [3.8, 4) is 0 Å². The second-order valence-electron chi connectivity index (χ2n) is 2.33. The topological polar surface area (TPSA) is 17.2 Å². The molecule has 0 radical (unpaired) electrons. The van der Waals surface area contributed by atoms with Crippen molar-refractivity contribution >= 4 is 0 Å². The van der Waals surface area contributed by atoms with Crippen molar-refractivity contribution in [3.63, 3.8) is 0 Å². The summed E-state index contributed by atoms with van der Waals surface area (Å²) in [6.07, 6.45) is -3.41. The van der Waals surface area contributed by atoms with E-state index in [0.717, 1.165) is 6.20 Å². The molecule has 0 spiro atoms. The zero-order valence-corrected chi connectivity index (χ0v) is 6.47. The number of alkyl halides is 3. The number of nitrogens with zero attached hydrogens (tertiary/aromatic N) is 2. The quantitative estimate of drug-likeness (QED) is 0.616. The van der Waals surface area contributed by atoms with Crippen LogP contribution in [0.3, 0.4) is 0 Å². The van der Waals surface area contributed by atoms with E-state index in [4.69, 9.17) is 6.57 Å². The summed E-state index contributed by atoms with van der Waals surface area (Å²) in [6, 6.07) is 2.64. The van der Waals surface area contributed by atoms with Gasteiger partial charge in [0.1, 0.15) is 0 Å². The zero-order chi connectivity index (χ0) is 9.90. The van der Waals surface area contributed by atoms with Crippen molar-refractivity contribution in [2.24, 2.45) is 0 Å². The van der Waals surface area contributed by atoms with Gasteiger partial charge in [-0.25, -0.2) is 6.57 Å². The highest BCUT2D eigenvalue weighted by Gasteiger charge is 2.35. The van der Waals surface area contributed by atoms with Crippen LogP contribution in [0.1, 0.15) is 11.3 Å². The van der Waals surface area contributed by atoms with Crippen molar-refractivity contribution in [3.05, 3.63) is 41.0 Å². The summed E-state index contributed by atoms with van der Waals surface area (Å²) < 4.78 is 36.6. The third kappa shape index (κ3) is 2.18. The van der Waals surface area contributed by atoms with Crippen molar-refractivity contribution in [1.29, 1.82) is 0 Å². The lowest BCUT2D eigenvalue weighted by atomic mass is 10.2. The number of pyridine rings is 1. The van der Waals surface area contributed by atoms with Gasteiger partial charge in [-0.1, -0.05) is 0 Å². The average molecular weight is 186 g/mol. The van der Waals surface area contributed by atoms with Gasteiger partial charge >= 0.3 is 6.18 Å². The minimum absolute atomic E-state index is 0.0787. The summed E-state index contributed by atoms with van der Waals surface area (Å²) in [4.78, 5) is 6.09. The standard InChI is InChI=1S/C8H5F3N2/c1-12-5-6-3-2-4-13-7(6)8(9,10)11/h2-4H,5H2. The molecule has 5 heteroatoms. The van der Waals surface area contributed by atoms with Crippen LogP contribution in [0, 0.1) is 6.57 Å². The SMILES string of the molecule is [C-]#[N+]Cc1cccnc1C(F)(F)F. The summed E-state index contributed by atoms with van der Waals surface area (Å²) in [7, 11) is 0. The fourth-order valence-electron chi connectivity index (χ4n) is 0.907. The van der Waals surface area contributed by atoms with Gasteiger partial charge in [0, 0.05) is 6.20 Å². The van der Waals surface area contributed by atoms with Crippen LogP contribution in [0.15, 0.2) is 18.3 Å². The Balaban J connectivity index is 3.14. The Hall–Kier alpha value is -1.57. The van der Waals surface area contributed by atoms with Crippen LogP contribution >= 0.6 is 0 Å². The molecule has 0 aliphatic rings. The van der Waals surface area contributed by atoms with E-state index in [1.54, 1.807) is 0 Å². The van der Waals surface area contributed by atoms with Gasteiger partial charge in [0.25, 0.3) is 0 Å². The van der Waals surface area contributed by atoms with Crippen molar-refractivity contribution < 1.29 is 13.2 Å². The molecule has 0 unspecified atom stereocenters. The van der Waals surface area contributed by atoms with E-state index in [1.807, 2.05) is 0 Å². The van der Waals surface area contributed by atoms with Crippen LogP contribution in [0.4, 0.5) is 13.2 Å². The zero-order valence-electron chi connectivity index (χ0n) is 6.47. The normalized spacial score (nSPS) is 10.9. The molecule has 0 aliphatic carbocycles. The van der Waals surface area contributed by atoms with Gasteiger partial charge in [0.2, 0.25) is 6.54 Å². The summed E-state index contributed by atoms with van der Waals surface area (Å²) >= 11 is 0. The Morgan fingerprint density at radius 2 is 2.15 bits per heavy atom. The molecule has 0 saturated heterocycles. The van der Waals surface area contributed by atoms with Gasteiger partial charge in [0.15, 0.2) is 5.69 Å². The molecule has 1 aromatic heterocycles. The summed E-state index contributed by atoms with van der Waals surface area (Å²) in [6.45, 7) is 6.18. The maximum Gasteiger partial charge on any atom is 0.433 e. The Bertz CT molecular complexity index is 338. The van der Waals surface area contributed by atoms with E-state index >= 15 is 0 Å². The van der Waals surface area contributed by atoms with Crippen LogP contribution < -0.4 is 0 Å². The first-order chi connectivity index (χ1) is 6.05. The lowest BCUT2D eigenvalue weighted by Crippen LogP contribution is -2.10. The Morgan fingerprint density at radius 3 is 2.69 bits per heavy atom. The van der Waals surface area contributed by atoms with Crippen LogP contribution in [0.25, 0.3) is 4.85 Å². The van der Waals surface area contributed by atoms with E-state index in [1.165, 1.54) is 12.1 Å². The number of hydrogen-bond donors (Lipinski definition) is 0. The largest absolute Gasteiger partial charge is 0.433 e. The minimum Gasteiger partial charge on any atom is -0.312 e. The van der Waals surface area contributed by atoms with Gasteiger partial charge < -0.3 is 4.85 Å². The van der Waals surface area contributed by atoms with E-state index in [-0.39, 0.29) is 12.1 Å². The molecule has 68 valence electrons. The van der Waals surface area contributed by atoms with Crippen molar-refractivity contribution in [2.75, 3.05) is 0 Å². The fourth-order valence-corrected chi connectivity index (χ4v) is 0.907. The average Bonchev–Trinajstić information content (AvgIpc) is 2.04. The van der Waals surface area contributed by atoms with Gasteiger partial charge in [0.05, 0.1) is 5.56 Å². The molecule has 13 heavy (non-hydrogen) atoms. The molecule has 0 atom stereocenters. The van der Waals surface area contributed by atoms with E-state index < -0.39 is 11.9 Å². The van der Waals surface area contributed by atoms with Gasteiger partial charge in [-0.2, -0.15) is 13.2 Å². The van der Waals surface area contributed by atoms with Crippen LogP contribution in [0.2, 0.25) is 0 Å². The lowest BCUT2D eigenvalue weighted by molar-refractivity contribution is -0.141. The van der Waals surface area contributed by atoms with Crippen molar-refractivity contribution in [2.45, 2.75) is 12.7 Å². The molecular formula is C8H5F3N2. The lowest BCUT2D eigenvalue weighted by Gasteiger charge is -2.06. The third-order valence-electron chi connectivity index (χ3n) is 1.41. The number of halogens is 3. The molecule has 0 saturated carbocycles. The second kappa shape index (κ2) is 3.44. The van der Waals surface area contributed by atoms with Crippen LogP contribution in [0.5, 0.6) is 0 Å². The Labute approximate surface area is 72.8 Å². The van der Waals surface area contributed by atoms with Gasteiger partial charge in [-0.3, -0.25) is 4.98 Å². The van der Waals surface area contributed by atoms with Crippen LogP contribution in [-0.2, 0) is 12.7 Å². The highest BCUT2D eigenvalue weighted by atomic mass is 19.4. The first-order valence-corrected chi connectivity index (χ1v) is 3.40. The molecular weight excluding hydrogens is 181 g/mol. The van der Waals surface area contributed by atoms with Gasteiger partial charge in [-0.05, 0) is 12.1 Å². The smallest absolute Gasteiger partial charge is 0.312 e. The number of hydrogen-bond acceptors (Lipinski definition) is 1. The Morgan fingerprint density at radius 1 is 1.46 bits per heavy atom. The highest BCUT2D eigenvalue weighted by molar-refractivity contribution is 5.23. The third-order valence-corrected chi connectivity index (χ3v) is 1.41. The molecule has 0 bridgehead atoms. The summed E-state index contributed by atoms with van der Waals surface area (Å²) in [5.74, 6) is 0. The van der Waals surface area contributed by atoms with Gasteiger partial charge in [-0.15, -0.1) is 0 Å². The summed E-state index contributed by atoms with van der Waals surface area (Å²) in [5, 5.41) is 0. The molecule has 0 fully saturated rings. The van der Waals surface area contributed by atoms with E-state index in [0.29, 0.717) is 0 Å². The first kappa shape index (κ1) is 9.52. The minimum atomic E-state index is -4.47. The predicted octanol–water partition coefficient (Wildman–Crippen LogP) is 2.52. The molecule has 1 rings (SSSR count). The Kier molecular flexibility index (Phi) is 2.52. The second-order valence-corrected chi connectivity index (χ2v) is 2.33. The maximum absolute atomic E-state index is 12.2. The first-order valence-electron chi connectivity index (χ1n) is 3.40. The monoisotopic (exact) mass is 186 g/mol. The van der Waals surface area contributed by atoms with E-state index in [9.17, 15) is 13.2 Å². The van der Waals surface area contributed by atoms with Crippen molar-refractivity contribution in [1.82, 2.24) is 4.98 Å². The number of rotatable bonds is 1. The highest BCUT2D eigenvalue weighted by Crippen LogP contribution is 2.30. The molecule has 1 heterocycles.